The van der Waals surface area contributed by atoms with Crippen LogP contribution in [0.4, 0.5) is 0 Å². The fraction of sp³-hybridized carbons (Fsp3) is 0.667. The van der Waals surface area contributed by atoms with Gasteiger partial charge in [0.15, 0.2) is 11.5 Å². The second kappa shape index (κ2) is 8.28. The van der Waals surface area contributed by atoms with E-state index in [1.165, 1.54) is 44.1 Å². The van der Waals surface area contributed by atoms with Crippen LogP contribution in [0.2, 0.25) is 0 Å². The Bertz CT molecular complexity index is 425. The average Bonchev–Trinajstić information content (AvgIpc) is 2.75. The first-order chi connectivity index (χ1) is 10.2. The highest BCUT2D eigenvalue weighted by Gasteiger charge is 2.15. The highest BCUT2D eigenvalue weighted by Crippen LogP contribution is 2.28. The lowest BCUT2D eigenvalue weighted by Gasteiger charge is -2.22. The maximum absolute atomic E-state index is 5.38. The third-order valence-corrected chi connectivity index (χ3v) is 4.37. The molecule has 3 nitrogen and oxygen atoms in total. The van der Waals surface area contributed by atoms with Gasteiger partial charge in [0, 0.05) is 12.1 Å². The van der Waals surface area contributed by atoms with Crippen LogP contribution < -0.4 is 14.8 Å². The van der Waals surface area contributed by atoms with Crippen molar-refractivity contribution in [3.63, 3.8) is 0 Å². The van der Waals surface area contributed by atoms with Crippen molar-refractivity contribution >= 4 is 0 Å². The molecule has 1 atom stereocenters. The van der Waals surface area contributed by atoms with Gasteiger partial charge in [0.2, 0.25) is 0 Å². The van der Waals surface area contributed by atoms with E-state index in [0.717, 1.165) is 17.9 Å². The van der Waals surface area contributed by atoms with Gasteiger partial charge in [-0.1, -0.05) is 31.7 Å². The van der Waals surface area contributed by atoms with Crippen molar-refractivity contribution in [2.24, 2.45) is 0 Å². The van der Waals surface area contributed by atoms with Crippen LogP contribution in [0.5, 0.6) is 11.5 Å². The normalized spacial score (nSPS) is 18.0. The summed E-state index contributed by atoms with van der Waals surface area (Å²) in [5.74, 6) is 1.61. The van der Waals surface area contributed by atoms with Crippen molar-refractivity contribution in [2.45, 2.75) is 64.0 Å². The highest BCUT2D eigenvalue weighted by atomic mass is 16.5. The summed E-state index contributed by atoms with van der Waals surface area (Å²) in [5.41, 5.74) is 1.29. The molecule has 2 rings (SSSR count). The summed E-state index contributed by atoms with van der Waals surface area (Å²) in [6.07, 6.45) is 9.25. The molecule has 0 aliphatic heterocycles. The molecule has 3 heteroatoms. The molecule has 0 spiro atoms. The van der Waals surface area contributed by atoms with Gasteiger partial charge in [-0.2, -0.15) is 0 Å². The van der Waals surface area contributed by atoms with Crippen molar-refractivity contribution in [1.82, 2.24) is 5.32 Å². The molecule has 1 aromatic carbocycles. The van der Waals surface area contributed by atoms with Gasteiger partial charge in [-0.3, -0.25) is 0 Å². The summed E-state index contributed by atoms with van der Waals surface area (Å²) in [5, 5.41) is 3.80. The summed E-state index contributed by atoms with van der Waals surface area (Å²) in [4.78, 5) is 0. The molecule has 1 aliphatic carbocycles. The van der Waals surface area contributed by atoms with E-state index in [1.807, 2.05) is 6.07 Å². The van der Waals surface area contributed by atoms with Crippen LogP contribution in [0.15, 0.2) is 18.2 Å². The quantitative estimate of drug-likeness (QED) is 0.805. The maximum atomic E-state index is 5.38. The summed E-state index contributed by atoms with van der Waals surface area (Å²) in [6, 6.07) is 7.40. The first kappa shape index (κ1) is 16.2. The van der Waals surface area contributed by atoms with E-state index in [0.29, 0.717) is 12.1 Å². The zero-order valence-electron chi connectivity index (χ0n) is 13.7. The third-order valence-electron chi connectivity index (χ3n) is 4.37. The molecular weight excluding hydrogens is 262 g/mol. The highest BCUT2D eigenvalue weighted by molar-refractivity contribution is 5.43. The molecule has 0 heterocycles. The van der Waals surface area contributed by atoms with Crippen molar-refractivity contribution in [3.8, 4) is 11.5 Å². The second-order valence-corrected chi connectivity index (χ2v) is 6.15. The van der Waals surface area contributed by atoms with E-state index in [9.17, 15) is 0 Å². The number of nitrogens with one attached hydrogen (secondary N) is 1. The van der Waals surface area contributed by atoms with Crippen LogP contribution in [0, 0.1) is 0 Å². The molecule has 0 amide bonds. The molecule has 1 aliphatic rings. The Morgan fingerprint density at radius 1 is 1.05 bits per heavy atom. The van der Waals surface area contributed by atoms with Gasteiger partial charge < -0.3 is 14.8 Å². The monoisotopic (exact) mass is 291 g/mol. The van der Waals surface area contributed by atoms with Gasteiger partial charge in [-0.25, -0.2) is 0 Å². The van der Waals surface area contributed by atoms with Gasteiger partial charge >= 0.3 is 0 Å². The van der Waals surface area contributed by atoms with Gasteiger partial charge in [0.25, 0.3) is 0 Å². The van der Waals surface area contributed by atoms with E-state index in [4.69, 9.17) is 9.47 Å². The molecule has 21 heavy (non-hydrogen) atoms. The average molecular weight is 291 g/mol. The van der Waals surface area contributed by atoms with Crippen molar-refractivity contribution in [1.29, 1.82) is 0 Å². The standard InChI is InChI=1S/C18H29NO2/c1-14(19-16-8-6-4-5-7-9-16)12-15-10-11-17(20-2)18(13-15)21-3/h10-11,13-14,16,19H,4-9,12H2,1-3H3/t14-/m1/s1. The van der Waals surface area contributed by atoms with E-state index >= 15 is 0 Å². The molecule has 1 fully saturated rings. The fourth-order valence-corrected chi connectivity index (χ4v) is 3.27. The molecule has 118 valence electrons. The lowest BCUT2D eigenvalue weighted by molar-refractivity contribution is 0.354. The Kier molecular flexibility index (Phi) is 6.37. The van der Waals surface area contributed by atoms with Crippen LogP contribution in [-0.4, -0.2) is 26.3 Å². The molecule has 0 aromatic heterocycles. The van der Waals surface area contributed by atoms with Crippen molar-refractivity contribution in [2.75, 3.05) is 14.2 Å². The molecule has 0 radical (unpaired) electrons. The van der Waals surface area contributed by atoms with Crippen LogP contribution >= 0.6 is 0 Å². The van der Waals surface area contributed by atoms with Gasteiger partial charge in [-0.05, 0) is 43.9 Å². The van der Waals surface area contributed by atoms with Crippen LogP contribution in [0.25, 0.3) is 0 Å². The molecule has 0 bridgehead atoms. The van der Waals surface area contributed by atoms with E-state index in [1.54, 1.807) is 14.2 Å². The largest absolute Gasteiger partial charge is 0.493 e. The number of methoxy groups -OCH3 is 2. The Hall–Kier alpha value is -1.22. The minimum atomic E-state index is 0.492. The number of ether oxygens (including phenoxy) is 2. The molecule has 1 aromatic rings. The van der Waals surface area contributed by atoms with E-state index in [-0.39, 0.29) is 0 Å². The summed E-state index contributed by atoms with van der Waals surface area (Å²) in [6.45, 7) is 2.28. The van der Waals surface area contributed by atoms with Crippen LogP contribution in [-0.2, 0) is 6.42 Å². The van der Waals surface area contributed by atoms with Crippen molar-refractivity contribution < 1.29 is 9.47 Å². The summed E-state index contributed by atoms with van der Waals surface area (Å²) in [7, 11) is 3.36. The van der Waals surface area contributed by atoms with Gasteiger partial charge in [0.1, 0.15) is 0 Å². The predicted octanol–water partition coefficient (Wildman–Crippen LogP) is 3.95. The van der Waals surface area contributed by atoms with Crippen molar-refractivity contribution in [3.05, 3.63) is 23.8 Å². The minimum absolute atomic E-state index is 0.492. The second-order valence-electron chi connectivity index (χ2n) is 6.15. The molecule has 1 saturated carbocycles. The number of hydrogen-bond donors (Lipinski definition) is 1. The maximum Gasteiger partial charge on any atom is 0.160 e. The van der Waals surface area contributed by atoms with Gasteiger partial charge in [-0.15, -0.1) is 0 Å². The zero-order chi connectivity index (χ0) is 15.1. The number of benzene rings is 1. The molecule has 1 N–H and O–H groups in total. The predicted molar refractivity (Wildman–Crippen MR) is 87.3 cm³/mol. The third kappa shape index (κ3) is 4.92. The number of rotatable bonds is 6. The first-order valence-corrected chi connectivity index (χ1v) is 8.20. The molecular formula is C18H29NO2. The van der Waals surface area contributed by atoms with Gasteiger partial charge in [0.05, 0.1) is 14.2 Å². The smallest absolute Gasteiger partial charge is 0.160 e. The molecule has 0 saturated heterocycles. The summed E-state index contributed by atoms with van der Waals surface area (Å²) >= 11 is 0. The minimum Gasteiger partial charge on any atom is -0.493 e. The lowest BCUT2D eigenvalue weighted by Crippen LogP contribution is -2.37. The Labute approximate surface area is 129 Å². The SMILES string of the molecule is COc1ccc(C[C@@H](C)NC2CCCCCC2)cc1OC. The first-order valence-electron chi connectivity index (χ1n) is 8.20. The van der Waals surface area contributed by atoms with E-state index < -0.39 is 0 Å². The van der Waals surface area contributed by atoms with E-state index in [2.05, 4.69) is 24.4 Å². The zero-order valence-corrected chi connectivity index (χ0v) is 13.7. The molecule has 0 unspecified atom stereocenters. The lowest BCUT2D eigenvalue weighted by atomic mass is 10.0. The summed E-state index contributed by atoms with van der Waals surface area (Å²) < 4.78 is 10.7. The Morgan fingerprint density at radius 3 is 2.33 bits per heavy atom. The van der Waals surface area contributed by atoms with Crippen LogP contribution in [0.3, 0.4) is 0 Å². The topological polar surface area (TPSA) is 30.5 Å². The number of hydrogen-bond acceptors (Lipinski definition) is 3. The Balaban J connectivity index is 1.90. The van der Waals surface area contributed by atoms with Crippen LogP contribution in [0.1, 0.15) is 51.0 Å². The fourth-order valence-electron chi connectivity index (χ4n) is 3.27. The Morgan fingerprint density at radius 2 is 1.71 bits per heavy atom.